The van der Waals surface area contributed by atoms with Gasteiger partial charge in [-0.15, -0.1) is 32.9 Å². The normalized spacial score (nSPS) is 11.9. The highest BCUT2D eigenvalue weighted by Crippen LogP contribution is 2.46. The van der Waals surface area contributed by atoms with E-state index in [1.54, 1.807) is 11.3 Å². The van der Waals surface area contributed by atoms with Crippen molar-refractivity contribution >= 4 is 65.5 Å². The van der Waals surface area contributed by atoms with E-state index < -0.39 is 0 Å². The van der Waals surface area contributed by atoms with Crippen molar-refractivity contribution < 1.29 is 9.63 Å². The molecule has 38 heavy (non-hydrogen) atoms. The number of phenols is 1. The predicted molar refractivity (Wildman–Crippen MR) is 153 cm³/mol. The van der Waals surface area contributed by atoms with Crippen LogP contribution in [0.5, 0.6) is 5.75 Å². The van der Waals surface area contributed by atoms with Crippen LogP contribution in [0.2, 0.25) is 0 Å². The number of aromatic nitrogens is 3. The van der Waals surface area contributed by atoms with Gasteiger partial charge in [-0.1, -0.05) is 41.6 Å². The average molecular weight is 534 g/mol. The number of benzene rings is 4. The van der Waals surface area contributed by atoms with Crippen LogP contribution in [-0.2, 0) is 0 Å². The van der Waals surface area contributed by atoms with Gasteiger partial charge in [0, 0.05) is 16.5 Å². The van der Waals surface area contributed by atoms with Crippen molar-refractivity contribution in [3.05, 3.63) is 84.1 Å². The Morgan fingerprint density at radius 3 is 2.16 bits per heavy atom. The van der Waals surface area contributed by atoms with Gasteiger partial charge in [-0.2, -0.15) is 0 Å². The second-order valence-corrected chi connectivity index (χ2v) is 11.0. The minimum absolute atomic E-state index is 0.0157. The standard InChI is InChI=1S/C29H19N5O2S2/c1-15-16(2)34-36-27(15)33-32-25-19-12-11-17(28-30-21-7-3-5-9-23(21)37-28)13-18(19)14-20(26(25)35)29-31-22-8-4-6-10-24(22)38-29/h3-14,35H,1-2H3. The van der Waals surface area contributed by atoms with E-state index in [4.69, 9.17) is 14.5 Å². The summed E-state index contributed by atoms with van der Waals surface area (Å²) in [7, 11) is 0. The molecule has 7 aromatic rings. The summed E-state index contributed by atoms with van der Waals surface area (Å²) in [5.74, 6) is 0.327. The maximum Gasteiger partial charge on any atom is 0.272 e. The molecule has 3 aromatic heterocycles. The highest BCUT2D eigenvalue weighted by molar-refractivity contribution is 7.22. The van der Waals surface area contributed by atoms with Gasteiger partial charge >= 0.3 is 0 Å². The van der Waals surface area contributed by atoms with Crippen LogP contribution in [-0.4, -0.2) is 20.2 Å². The molecule has 0 spiro atoms. The summed E-state index contributed by atoms with van der Waals surface area (Å²) in [6.45, 7) is 3.72. The highest BCUT2D eigenvalue weighted by atomic mass is 32.1. The summed E-state index contributed by atoms with van der Waals surface area (Å²) in [6, 6.07) is 24.0. The van der Waals surface area contributed by atoms with Crippen molar-refractivity contribution in [3.63, 3.8) is 0 Å². The highest BCUT2D eigenvalue weighted by Gasteiger charge is 2.19. The molecule has 7 rings (SSSR count). The van der Waals surface area contributed by atoms with Gasteiger partial charge in [0.15, 0.2) is 5.75 Å². The monoisotopic (exact) mass is 533 g/mol. The first-order chi connectivity index (χ1) is 18.5. The van der Waals surface area contributed by atoms with Crippen molar-refractivity contribution in [2.24, 2.45) is 10.2 Å². The molecule has 0 fully saturated rings. The van der Waals surface area contributed by atoms with E-state index >= 15 is 0 Å². The number of thiazole rings is 2. The van der Waals surface area contributed by atoms with E-state index in [9.17, 15) is 5.11 Å². The molecule has 0 saturated heterocycles. The first-order valence-corrected chi connectivity index (χ1v) is 13.5. The zero-order valence-corrected chi connectivity index (χ0v) is 22.0. The van der Waals surface area contributed by atoms with Gasteiger partial charge < -0.3 is 9.63 Å². The number of azo groups is 1. The number of nitrogens with zero attached hydrogens (tertiary/aromatic N) is 5. The Morgan fingerprint density at radius 2 is 1.47 bits per heavy atom. The van der Waals surface area contributed by atoms with E-state index in [-0.39, 0.29) is 5.75 Å². The summed E-state index contributed by atoms with van der Waals surface area (Å²) in [4.78, 5) is 9.61. The van der Waals surface area contributed by atoms with Crippen LogP contribution in [0.25, 0.3) is 52.3 Å². The number of hydrogen-bond acceptors (Lipinski definition) is 9. The first kappa shape index (κ1) is 22.7. The molecule has 7 nitrogen and oxygen atoms in total. The zero-order valence-electron chi connectivity index (χ0n) is 20.3. The molecule has 0 atom stereocenters. The summed E-state index contributed by atoms with van der Waals surface area (Å²) in [5, 5.41) is 27.5. The molecule has 184 valence electrons. The Balaban J connectivity index is 1.44. The molecule has 0 aliphatic rings. The minimum atomic E-state index is 0.0157. The maximum atomic E-state index is 11.5. The van der Waals surface area contributed by atoms with Gasteiger partial charge in [0.2, 0.25) is 0 Å². The second-order valence-electron chi connectivity index (χ2n) is 8.93. The van der Waals surface area contributed by atoms with Crippen LogP contribution in [0.3, 0.4) is 0 Å². The average Bonchev–Trinajstić information content (AvgIpc) is 3.65. The lowest BCUT2D eigenvalue weighted by atomic mass is 10.0. The fourth-order valence-electron chi connectivity index (χ4n) is 4.35. The molecule has 3 heterocycles. The molecule has 0 radical (unpaired) electrons. The number of fused-ring (bicyclic) bond motifs is 3. The smallest absolute Gasteiger partial charge is 0.272 e. The topological polar surface area (TPSA) is 96.8 Å². The molecule has 0 bridgehead atoms. The summed E-state index contributed by atoms with van der Waals surface area (Å²) in [5.41, 5.74) is 5.34. The van der Waals surface area contributed by atoms with Gasteiger partial charge in [0.25, 0.3) is 5.88 Å². The number of aryl methyl sites for hydroxylation is 1. The Kier molecular flexibility index (Phi) is 5.27. The number of hydrogen-bond donors (Lipinski definition) is 1. The van der Waals surface area contributed by atoms with Crippen LogP contribution < -0.4 is 0 Å². The Labute approximate surface area is 224 Å². The van der Waals surface area contributed by atoms with Crippen LogP contribution in [0.15, 0.2) is 87.5 Å². The fourth-order valence-corrected chi connectivity index (χ4v) is 6.29. The lowest BCUT2D eigenvalue weighted by Crippen LogP contribution is -1.84. The predicted octanol–water partition coefficient (Wildman–Crippen LogP) is 9.12. The molecule has 4 aromatic carbocycles. The Bertz CT molecular complexity index is 1970. The van der Waals surface area contributed by atoms with Gasteiger partial charge in [-0.05, 0) is 55.6 Å². The summed E-state index contributed by atoms with van der Waals surface area (Å²) >= 11 is 3.17. The fraction of sp³-hybridized carbons (Fsp3) is 0.0690. The molecule has 1 N–H and O–H groups in total. The molecule has 0 aliphatic heterocycles. The lowest BCUT2D eigenvalue weighted by Gasteiger charge is -2.10. The third-order valence-corrected chi connectivity index (χ3v) is 8.68. The molecule has 0 saturated carbocycles. The van der Waals surface area contributed by atoms with E-state index in [1.807, 2.05) is 74.5 Å². The van der Waals surface area contributed by atoms with Crippen LogP contribution in [0.1, 0.15) is 11.3 Å². The molecule has 0 amide bonds. The number of rotatable bonds is 4. The number of para-hydroxylation sites is 2. The molecule has 0 aliphatic carbocycles. The third kappa shape index (κ3) is 3.75. The maximum absolute atomic E-state index is 11.5. The van der Waals surface area contributed by atoms with Crippen LogP contribution in [0, 0.1) is 13.8 Å². The number of aromatic hydroxyl groups is 1. The summed E-state index contributed by atoms with van der Waals surface area (Å²) < 4.78 is 7.50. The van der Waals surface area contributed by atoms with Gasteiger partial charge in [-0.25, -0.2) is 9.97 Å². The molecule has 0 unspecified atom stereocenters. The van der Waals surface area contributed by atoms with Crippen molar-refractivity contribution in [3.8, 4) is 26.9 Å². The van der Waals surface area contributed by atoms with Gasteiger partial charge in [0.1, 0.15) is 15.7 Å². The van der Waals surface area contributed by atoms with Crippen molar-refractivity contribution in [2.45, 2.75) is 13.8 Å². The summed E-state index contributed by atoms with van der Waals surface area (Å²) in [6.07, 6.45) is 0. The van der Waals surface area contributed by atoms with E-state index in [0.717, 1.165) is 53.0 Å². The van der Waals surface area contributed by atoms with E-state index in [2.05, 4.69) is 27.5 Å². The number of phenolic OH excluding ortho intramolecular Hbond substituents is 1. The van der Waals surface area contributed by atoms with Gasteiger partial charge in [0.05, 0.1) is 31.7 Å². The lowest BCUT2D eigenvalue weighted by molar-refractivity contribution is 0.422. The molecular weight excluding hydrogens is 514 g/mol. The zero-order chi connectivity index (χ0) is 25.8. The van der Waals surface area contributed by atoms with Crippen LogP contribution >= 0.6 is 22.7 Å². The SMILES string of the molecule is Cc1noc(N=Nc2c(O)c(-c3nc4ccccc4s3)cc3cc(-c4nc5ccccc5s4)ccc23)c1C. The minimum Gasteiger partial charge on any atom is -0.505 e. The molecular formula is C29H19N5O2S2. The van der Waals surface area contributed by atoms with E-state index in [0.29, 0.717) is 22.1 Å². The van der Waals surface area contributed by atoms with Crippen molar-refractivity contribution in [1.29, 1.82) is 0 Å². The Hall–Kier alpha value is -4.47. The van der Waals surface area contributed by atoms with Crippen LogP contribution in [0.4, 0.5) is 11.6 Å². The first-order valence-electron chi connectivity index (χ1n) is 11.9. The van der Waals surface area contributed by atoms with Crippen molar-refractivity contribution in [1.82, 2.24) is 15.1 Å². The quantitative estimate of drug-likeness (QED) is 0.228. The second kappa shape index (κ2) is 8.83. The largest absolute Gasteiger partial charge is 0.505 e. The van der Waals surface area contributed by atoms with E-state index in [1.165, 1.54) is 11.3 Å². The molecule has 9 heteroatoms. The van der Waals surface area contributed by atoms with Gasteiger partial charge in [-0.3, -0.25) is 0 Å². The Morgan fingerprint density at radius 1 is 0.789 bits per heavy atom. The third-order valence-electron chi connectivity index (χ3n) is 6.52. The van der Waals surface area contributed by atoms with Crippen molar-refractivity contribution in [2.75, 3.05) is 0 Å².